The first-order valence-corrected chi connectivity index (χ1v) is 7.02. The molecule has 1 heterocycles. The number of nitrogens with zero attached hydrogens (tertiary/aromatic N) is 3. The standard InChI is InChI=1S/C17H20N4/c1-13(2)21(11-14-5-3-7-16(19)9-14)12-15-6-4-8-20-17(15)10-18/h3-9,13H,11-12,19H2,1-2H3. The van der Waals surface area contributed by atoms with E-state index in [0.717, 1.165) is 17.8 Å². The molecule has 0 spiro atoms. The molecular formula is C17H20N4. The largest absolute Gasteiger partial charge is 0.399 e. The molecule has 2 N–H and O–H groups in total. The molecule has 0 aliphatic carbocycles. The molecule has 1 aromatic heterocycles. The highest BCUT2D eigenvalue weighted by Crippen LogP contribution is 2.16. The molecule has 0 radical (unpaired) electrons. The predicted octanol–water partition coefficient (Wildman–Crippen LogP) is 2.95. The lowest BCUT2D eigenvalue weighted by Gasteiger charge is -2.27. The Morgan fingerprint density at radius 3 is 2.71 bits per heavy atom. The fourth-order valence-corrected chi connectivity index (χ4v) is 2.23. The van der Waals surface area contributed by atoms with Crippen LogP contribution in [0.3, 0.4) is 0 Å². The van der Waals surface area contributed by atoms with Gasteiger partial charge < -0.3 is 5.73 Å². The Bertz CT molecular complexity index is 643. The minimum absolute atomic E-state index is 0.359. The van der Waals surface area contributed by atoms with Gasteiger partial charge in [-0.05, 0) is 37.6 Å². The van der Waals surface area contributed by atoms with Crippen LogP contribution >= 0.6 is 0 Å². The van der Waals surface area contributed by atoms with E-state index in [-0.39, 0.29) is 0 Å². The van der Waals surface area contributed by atoms with Gasteiger partial charge in [0.1, 0.15) is 11.8 Å². The van der Waals surface area contributed by atoms with Gasteiger partial charge in [0, 0.05) is 36.6 Å². The second kappa shape index (κ2) is 6.87. The van der Waals surface area contributed by atoms with Gasteiger partial charge in [-0.2, -0.15) is 5.26 Å². The van der Waals surface area contributed by atoms with E-state index in [1.54, 1.807) is 6.20 Å². The summed E-state index contributed by atoms with van der Waals surface area (Å²) < 4.78 is 0. The summed E-state index contributed by atoms with van der Waals surface area (Å²) >= 11 is 0. The van der Waals surface area contributed by atoms with Crippen LogP contribution in [0, 0.1) is 11.3 Å². The molecule has 2 rings (SSSR count). The SMILES string of the molecule is CC(C)N(Cc1cccc(N)c1)Cc1cccnc1C#N. The first kappa shape index (κ1) is 15.0. The minimum atomic E-state index is 0.359. The highest BCUT2D eigenvalue weighted by Gasteiger charge is 2.13. The zero-order chi connectivity index (χ0) is 15.2. The van der Waals surface area contributed by atoms with Gasteiger partial charge in [0.05, 0.1) is 0 Å². The summed E-state index contributed by atoms with van der Waals surface area (Å²) in [5, 5.41) is 9.15. The van der Waals surface area contributed by atoms with Crippen LogP contribution in [0.5, 0.6) is 0 Å². The van der Waals surface area contributed by atoms with E-state index in [2.05, 4.69) is 35.9 Å². The van der Waals surface area contributed by atoms with Crippen LogP contribution in [-0.4, -0.2) is 15.9 Å². The fourth-order valence-electron chi connectivity index (χ4n) is 2.23. The molecule has 0 saturated heterocycles. The molecular weight excluding hydrogens is 260 g/mol. The summed E-state index contributed by atoms with van der Waals surface area (Å²) in [6.45, 7) is 5.79. The van der Waals surface area contributed by atoms with Crippen LogP contribution in [-0.2, 0) is 13.1 Å². The molecule has 0 fully saturated rings. The van der Waals surface area contributed by atoms with Crippen LogP contribution in [0.25, 0.3) is 0 Å². The van der Waals surface area contributed by atoms with Gasteiger partial charge in [0.2, 0.25) is 0 Å². The average Bonchev–Trinajstić information content (AvgIpc) is 2.47. The molecule has 4 nitrogen and oxygen atoms in total. The fraction of sp³-hybridized carbons (Fsp3) is 0.294. The second-order valence-corrected chi connectivity index (χ2v) is 5.37. The van der Waals surface area contributed by atoms with Crippen molar-refractivity contribution in [1.82, 2.24) is 9.88 Å². The van der Waals surface area contributed by atoms with Gasteiger partial charge in [0.25, 0.3) is 0 Å². The summed E-state index contributed by atoms with van der Waals surface area (Å²) in [5.74, 6) is 0. The van der Waals surface area contributed by atoms with Gasteiger partial charge in [-0.25, -0.2) is 4.98 Å². The Hall–Kier alpha value is -2.38. The molecule has 0 bridgehead atoms. The van der Waals surface area contributed by atoms with Crippen molar-refractivity contribution in [3.05, 3.63) is 59.4 Å². The number of nitrogens with two attached hydrogens (primary N) is 1. The predicted molar refractivity (Wildman–Crippen MR) is 84.2 cm³/mol. The van der Waals surface area contributed by atoms with Crippen molar-refractivity contribution in [3.63, 3.8) is 0 Å². The quantitative estimate of drug-likeness (QED) is 0.855. The molecule has 0 amide bonds. The van der Waals surface area contributed by atoms with Crippen molar-refractivity contribution in [2.45, 2.75) is 33.0 Å². The molecule has 0 atom stereocenters. The van der Waals surface area contributed by atoms with Crippen LogP contribution < -0.4 is 5.73 Å². The molecule has 0 saturated carbocycles. The highest BCUT2D eigenvalue weighted by molar-refractivity contribution is 5.40. The molecule has 21 heavy (non-hydrogen) atoms. The molecule has 0 aliphatic rings. The third-order valence-electron chi connectivity index (χ3n) is 3.44. The lowest BCUT2D eigenvalue weighted by molar-refractivity contribution is 0.203. The maximum absolute atomic E-state index is 9.15. The number of nitriles is 1. The number of hydrogen-bond acceptors (Lipinski definition) is 4. The smallest absolute Gasteiger partial charge is 0.144 e. The van der Waals surface area contributed by atoms with Gasteiger partial charge in [0.15, 0.2) is 0 Å². The number of rotatable bonds is 5. The monoisotopic (exact) mass is 280 g/mol. The van der Waals surface area contributed by atoms with E-state index in [9.17, 15) is 0 Å². The van der Waals surface area contributed by atoms with Gasteiger partial charge in [-0.15, -0.1) is 0 Å². The van der Waals surface area contributed by atoms with E-state index < -0.39 is 0 Å². The Kier molecular flexibility index (Phi) is 4.91. The zero-order valence-corrected chi connectivity index (χ0v) is 12.5. The van der Waals surface area contributed by atoms with E-state index in [1.807, 2.05) is 30.3 Å². The van der Waals surface area contributed by atoms with Crippen molar-refractivity contribution in [3.8, 4) is 6.07 Å². The molecule has 0 unspecified atom stereocenters. The second-order valence-electron chi connectivity index (χ2n) is 5.37. The topological polar surface area (TPSA) is 65.9 Å². The third kappa shape index (κ3) is 4.04. The molecule has 1 aromatic carbocycles. The van der Waals surface area contributed by atoms with Crippen molar-refractivity contribution >= 4 is 5.69 Å². The Labute approximate surface area is 125 Å². The Morgan fingerprint density at radius 1 is 1.24 bits per heavy atom. The average molecular weight is 280 g/mol. The number of aromatic nitrogens is 1. The molecule has 0 aliphatic heterocycles. The van der Waals surface area contributed by atoms with Crippen molar-refractivity contribution in [2.24, 2.45) is 0 Å². The number of benzene rings is 1. The Morgan fingerprint density at radius 2 is 2.05 bits per heavy atom. The maximum atomic E-state index is 9.15. The lowest BCUT2D eigenvalue weighted by Crippen LogP contribution is -2.30. The van der Waals surface area contributed by atoms with E-state index in [4.69, 9.17) is 11.0 Å². The first-order chi connectivity index (χ1) is 10.1. The van der Waals surface area contributed by atoms with Crippen molar-refractivity contribution in [2.75, 3.05) is 5.73 Å². The lowest BCUT2D eigenvalue weighted by atomic mass is 10.1. The van der Waals surface area contributed by atoms with Crippen LogP contribution in [0.4, 0.5) is 5.69 Å². The normalized spacial score (nSPS) is 10.8. The summed E-state index contributed by atoms with van der Waals surface area (Å²) in [4.78, 5) is 6.42. The number of anilines is 1. The van der Waals surface area contributed by atoms with E-state index in [0.29, 0.717) is 18.3 Å². The van der Waals surface area contributed by atoms with E-state index >= 15 is 0 Å². The summed E-state index contributed by atoms with van der Waals surface area (Å²) in [6.07, 6.45) is 1.65. The van der Waals surface area contributed by atoms with Gasteiger partial charge in [-0.1, -0.05) is 18.2 Å². The van der Waals surface area contributed by atoms with Crippen molar-refractivity contribution < 1.29 is 0 Å². The van der Waals surface area contributed by atoms with Gasteiger partial charge >= 0.3 is 0 Å². The highest BCUT2D eigenvalue weighted by atomic mass is 15.1. The molecule has 2 aromatic rings. The third-order valence-corrected chi connectivity index (χ3v) is 3.44. The first-order valence-electron chi connectivity index (χ1n) is 7.02. The van der Waals surface area contributed by atoms with Gasteiger partial charge in [-0.3, -0.25) is 4.90 Å². The maximum Gasteiger partial charge on any atom is 0.144 e. The zero-order valence-electron chi connectivity index (χ0n) is 12.5. The minimum Gasteiger partial charge on any atom is -0.399 e. The Balaban J connectivity index is 2.18. The van der Waals surface area contributed by atoms with Crippen molar-refractivity contribution in [1.29, 1.82) is 5.26 Å². The summed E-state index contributed by atoms with van der Waals surface area (Å²) in [6, 6.07) is 14.3. The van der Waals surface area contributed by atoms with E-state index in [1.165, 1.54) is 5.56 Å². The molecule has 108 valence electrons. The van der Waals surface area contributed by atoms with Crippen LogP contribution in [0.15, 0.2) is 42.6 Å². The molecule has 4 heteroatoms. The number of pyridine rings is 1. The number of hydrogen-bond donors (Lipinski definition) is 1. The van der Waals surface area contributed by atoms with Crippen LogP contribution in [0.1, 0.15) is 30.7 Å². The van der Waals surface area contributed by atoms with Crippen LogP contribution in [0.2, 0.25) is 0 Å². The summed E-state index contributed by atoms with van der Waals surface area (Å²) in [5.41, 5.74) is 9.23. The summed E-state index contributed by atoms with van der Waals surface area (Å²) in [7, 11) is 0. The number of nitrogen functional groups attached to an aromatic ring is 1.